The van der Waals surface area contributed by atoms with Crippen LogP contribution < -0.4 is 0 Å². The molecule has 0 saturated carbocycles. The van der Waals surface area contributed by atoms with Crippen molar-refractivity contribution in [2.75, 3.05) is 5.75 Å². The molecular weight excluding hydrogens is 282 g/mol. The zero-order valence-corrected chi connectivity index (χ0v) is 14.0. The molecule has 0 aliphatic heterocycles. The summed E-state index contributed by atoms with van der Waals surface area (Å²) in [7, 11) is 0. The van der Waals surface area contributed by atoms with Crippen LogP contribution in [0.2, 0.25) is 0 Å². The van der Waals surface area contributed by atoms with Crippen molar-refractivity contribution >= 4 is 28.6 Å². The fourth-order valence-electron chi connectivity index (χ4n) is 2.17. The summed E-state index contributed by atoms with van der Waals surface area (Å²) < 4.78 is 5.14. The molecule has 2 aromatic rings. The number of thioether (sulfide) groups is 1. The summed E-state index contributed by atoms with van der Waals surface area (Å²) in [5, 5.41) is 2.04. The Morgan fingerprint density at radius 1 is 1.24 bits per heavy atom. The number of pyridine rings is 1. The first kappa shape index (κ1) is 15.8. The molecule has 112 valence electrons. The number of nitrogens with zero attached hydrogens (tertiary/aromatic N) is 1. The van der Waals surface area contributed by atoms with Gasteiger partial charge in [-0.25, -0.2) is 4.98 Å². The molecule has 0 fully saturated rings. The Bertz CT molecular complexity index is 680. The predicted octanol–water partition coefficient (Wildman–Crippen LogP) is 4.20. The van der Waals surface area contributed by atoms with Gasteiger partial charge >= 0.3 is 5.97 Å². The van der Waals surface area contributed by atoms with Crippen LogP contribution in [0, 0.1) is 20.8 Å². The van der Waals surface area contributed by atoms with Crippen LogP contribution >= 0.6 is 11.8 Å². The van der Waals surface area contributed by atoms with E-state index in [1.807, 2.05) is 19.9 Å². The average molecular weight is 303 g/mol. The molecule has 0 amide bonds. The lowest BCUT2D eigenvalue weighted by atomic mass is 10.0. The van der Waals surface area contributed by atoms with Gasteiger partial charge in [0.1, 0.15) is 0 Å². The highest BCUT2D eigenvalue weighted by atomic mass is 32.2. The molecule has 0 N–H and O–H groups in total. The summed E-state index contributed by atoms with van der Waals surface area (Å²) in [6, 6.07) is 6.27. The summed E-state index contributed by atoms with van der Waals surface area (Å²) >= 11 is 1.43. The number of rotatable bonds is 4. The van der Waals surface area contributed by atoms with Crippen LogP contribution in [0.15, 0.2) is 23.2 Å². The smallest absolute Gasteiger partial charge is 0.316 e. The van der Waals surface area contributed by atoms with Gasteiger partial charge in [-0.2, -0.15) is 0 Å². The Labute approximate surface area is 130 Å². The van der Waals surface area contributed by atoms with Gasteiger partial charge in [0.15, 0.2) is 0 Å². The van der Waals surface area contributed by atoms with Gasteiger partial charge in [-0.05, 0) is 57.4 Å². The van der Waals surface area contributed by atoms with Crippen LogP contribution in [-0.2, 0) is 9.53 Å². The second-order valence-electron chi connectivity index (χ2n) is 5.51. The standard InChI is InChI=1S/C17H21NO2S/c1-10(2)20-16(19)9-21-15-8-12(4)14-7-6-11(3)13(5)17(14)18-15/h6-8,10H,9H2,1-5H3. The zero-order chi connectivity index (χ0) is 15.6. The number of aryl methyl sites for hydroxylation is 3. The first-order valence-corrected chi connectivity index (χ1v) is 8.07. The molecule has 1 aromatic heterocycles. The number of carbonyl (C=O) groups excluding carboxylic acids is 1. The molecule has 0 saturated heterocycles. The number of aromatic nitrogens is 1. The van der Waals surface area contributed by atoms with Crippen LogP contribution in [0.4, 0.5) is 0 Å². The Hall–Kier alpha value is -1.55. The van der Waals surface area contributed by atoms with Gasteiger partial charge < -0.3 is 4.74 Å². The van der Waals surface area contributed by atoms with Crippen LogP contribution in [0.1, 0.15) is 30.5 Å². The second kappa shape index (κ2) is 6.48. The number of esters is 1. The van der Waals surface area contributed by atoms with E-state index in [-0.39, 0.29) is 12.1 Å². The maximum absolute atomic E-state index is 11.6. The molecule has 0 unspecified atom stereocenters. The van der Waals surface area contributed by atoms with Crippen LogP contribution in [0.3, 0.4) is 0 Å². The largest absolute Gasteiger partial charge is 0.462 e. The normalized spacial score (nSPS) is 11.1. The SMILES string of the molecule is Cc1ccc2c(C)cc(SCC(=O)OC(C)C)nc2c1C. The van der Waals surface area contributed by atoms with E-state index in [2.05, 4.69) is 32.9 Å². The molecule has 0 aliphatic rings. The van der Waals surface area contributed by atoms with Crippen LogP contribution in [-0.4, -0.2) is 22.8 Å². The summed E-state index contributed by atoms with van der Waals surface area (Å²) in [5.41, 5.74) is 4.64. The molecule has 0 aliphatic carbocycles. The Balaban J connectivity index is 2.25. The van der Waals surface area contributed by atoms with Crippen molar-refractivity contribution in [3.63, 3.8) is 0 Å². The lowest BCUT2D eigenvalue weighted by Gasteiger charge is -2.11. The molecule has 0 bridgehead atoms. The first-order chi connectivity index (χ1) is 9.88. The van der Waals surface area contributed by atoms with E-state index in [0.29, 0.717) is 5.75 Å². The molecule has 3 nitrogen and oxygen atoms in total. The lowest BCUT2D eigenvalue weighted by molar-refractivity contribution is -0.144. The third kappa shape index (κ3) is 3.76. The highest BCUT2D eigenvalue weighted by molar-refractivity contribution is 7.99. The minimum absolute atomic E-state index is 0.0747. The summed E-state index contributed by atoms with van der Waals surface area (Å²) in [5.74, 6) is 0.0941. The maximum Gasteiger partial charge on any atom is 0.316 e. The van der Waals surface area contributed by atoms with Crippen molar-refractivity contribution in [3.05, 3.63) is 34.9 Å². The number of hydrogen-bond acceptors (Lipinski definition) is 4. The first-order valence-electron chi connectivity index (χ1n) is 7.08. The summed E-state index contributed by atoms with van der Waals surface area (Å²) in [4.78, 5) is 16.3. The number of carbonyl (C=O) groups is 1. The number of fused-ring (bicyclic) bond motifs is 1. The minimum atomic E-state index is -0.199. The minimum Gasteiger partial charge on any atom is -0.462 e. The molecule has 0 spiro atoms. The molecule has 1 heterocycles. The van der Waals surface area contributed by atoms with Crippen molar-refractivity contribution in [1.29, 1.82) is 0 Å². The summed E-state index contributed by atoms with van der Waals surface area (Å²) in [6.07, 6.45) is -0.0747. The van der Waals surface area contributed by atoms with Crippen molar-refractivity contribution in [3.8, 4) is 0 Å². The molecule has 0 atom stereocenters. The Morgan fingerprint density at radius 3 is 2.62 bits per heavy atom. The topological polar surface area (TPSA) is 39.2 Å². The van der Waals surface area contributed by atoms with Gasteiger partial charge in [-0.3, -0.25) is 4.79 Å². The van der Waals surface area contributed by atoms with Crippen molar-refractivity contribution in [2.45, 2.75) is 45.7 Å². The predicted molar refractivity (Wildman–Crippen MR) is 87.9 cm³/mol. The van der Waals surface area contributed by atoms with E-state index in [0.717, 1.165) is 10.5 Å². The number of benzene rings is 1. The summed E-state index contributed by atoms with van der Waals surface area (Å²) in [6.45, 7) is 9.97. The van der Waals surface area contributed by atoms with Gasteiger partial charge in [0, 0.05) is 5.39 Å². The molecule has 21 heavy (non-hydrogen) atoms. The van der Waals surface area contributed by atoms with Gasteiger partial charge in [-0.15, -0.1) is 0 Å². The van der Waals surface area contributed by atoms with E-state index in [1.165, 1.54) is 33.8 Å². The van der Waals surface area contributed by atoms with Gasteiger partial charge in [0.2, 0.25) is 0 Å². The highest BCUT2D eigenvalue weighted by Crippen LogP contribution is 2.27. The van der Waals surface area contributed by atoms with E-state index in [9.17, 15) is 4.79 Å². The number of ether oxygens (including phenoxy) is 1. The quantitative estimate of drug-likeness (QED) is 0.627. The lowest BCUT2D eigenvalue weighted by Crippen LogP contribution is -2.13. The van der Waals surface area contributed by atoms with E-state index < -0.39 is 0 Å². The van der Waals surface area contributed by atoms with E-state index in [4.69, 9.17) is 9.72 Å². The van der Waals surface area contributed by atoms with Gasteiger partial charge in [0.05, 0.1) is 22.4 Å². The Kier molecular flexibility index (Phi) is 4.88. The molecule has 2 rings (SSSR count). The second-order valence-corrected chi connectivity index (χ2v) is 6.50. The van der Waals surface area contributed by atoms with Crippen molar-refractivity contribution in [1.82, 2.24) is 4.98 Å². The van der Waals surface area contributed by atoms with Crippen molar-refractivity contribution < 1.29 is 9.53 Å². The fraction of sp³-hybridized carbons (Fsp3) is 0.412. The van der Waals surface area contributed by atoms with Gasteiger partial charge in [0.25, 0.3) is 0 Å². The fourth-order valence-corrected chi connectivity index (χ4v) is 2.92. The Morgan fingerprint density at radius 2 is 1.95 bits per heavy atom. The van der Waals surface area contributed by atoms with E-state index in [1.54, 1.807) is 0 Å². The van der Waals surface area contributed by atoms with Crippen LogP contribution in [0.25, 0.3) is 10.9 Å². The monoisotopic (exact) mass is 303 g/mol. The van der Waals surface area contributed by atoms with Gasteiger partial charge in [-0.1, -0.05) is 23.9 Å². The van der Waals surface area contributed by atoms with Crippen molar-refractivity contribution in [2.24, 2.45) is 0 Å². The maximum atomic E-state index is 11.6. The molecular formula is C17H21NO2S. The molecule has 4 heteroatoms. The number of hydrogen-bond donors (Lipinski definition) is 0. The zero-order valence-electron chi connectivity index (χ0n) is 13.2. The average Bonchev–Trinajstić information content (AvgIpc) is 2.40. The third-order valence-corrected chi connectivity index (χ3v) is 4.28. The van der Waals surface area contributed by atoms with E-state index >= 15 is 0 Å². The molecule has 1 aromatic carbocycles. The third-order valence-electron chi connectivity index (χ3n) is 3.39. The molecule has 0 radical (unpaired) electrons. The van der Waals surface area contributed by atoms with Crippen LogP contribution in [0.5, 0.6) is 0 Å². The highest BCUT2D eigenvalue weighted by Gasteiger charge is 2.10.